The van der Waals surface area contributed by atoms with E-state index in [2.05, 4.69) is 47.7 Å². The van der Waals surface area contributed by atoms with Gasteiger partial charge in [0, 0.05) is 18.0 Å². The Morgan fingerprint density at radius 1 is 1.03 bits per heavy atom. The largest absolute Gasteiger partial charge is 0.481 e. The van der Waals surface area contributed by atoms with E-state index in [1.54, 1.807) is 16.0 Å². The molecule has 6 nitrogen and oxygen atoms in total. The van der Waals surface area contributed by atoms with Crippen LogP contribution in [0.5, 0.6) is 0 Å². The van der Waals surface area contributed by atoms with E-state index in [0.717, 1.165) is 0 Å². The lowest BCUT2D eigenvalue weighted by Crippen LogP contribution is -2.27. The summed E-state index contributed by atoms with van der Waals surface area (Å²) in [6.45, 7) is 2.39. The van der Waals surface area contributed by atoms with Crippen molar-refractivity contribution in [3.63, 3.8) is 0 Å². The Labute approximate surface area is 180 Å². The van der Waals surface area contributed by atoms with E-state index in [9.17, 15) is 9.59 Å². The molecule has 1 fully saturated rings. The first-order valence-electron chi connectivity index (χ1n) is 10.0. The molecule has 1 aliphatic heterocycles. The van der Waals surface area contributed by atoms with Crippen molar-refractivity contribution in [1.29, 1.82) is 0 Å². The number of fused-ring (bicyclic) bond motifs is 2. The van der Waals surface area contributed by atoms with Gasteiger partial charge in [-0.25, -0.2) is 4.79 Å². The van der Waals surface area contributed by atoms with Gasteiger partial charge in [-0.2, -0.15) is 0 Å². The van der Waals surface area contributed by atoms with Gasteiger partial charge in [-0.05, 0) is 66.4 Å². The Morgan fingerprint density at radius 2 is 1.73 bits per heavy atom. The number of nitrogens with zero attached hydrogens (tertiary/aromatic N) is 1. The average molecular weight is 430 g/mol. The molecule has 0 radical (unpaired) electrons. The quantitative estimate of drug-likeness (QED) is 0.693. The molecule has 3 N–H and O–H groups in total. The van der Waals surface area contributed by atoms with Crippen molar-refractivity contribution in [2.75, 3.05) is 20.1 Å². The molecule has 1 aromatic carbocycles. The van der Waals surface area contributed by atoms with Crippen molar-refractivity contribution in [2.24, 2.45) is 0 Å². The smallest absolute Gasteiger partial charge is 0.333 e. The van der Waals surface area contributed by atoms with Crippen molar-refractivity contribution in [3.8, 4) is 0 Å². The summed E-state index contributed by atoms with van der Waals surface area (Å²) >= 11 is 1.93. The van der Waals surface area contributed by atoms with E-state index >= 15 is 0 Å². The van der Waals surface area contributed by atoms with Crippen molar-refractivity contribution >= 4 is 28.8 Å². The molecule has 0 spiro atoms. The Bertz CT molecular complexity index is 939. The van der Waals surface area contributed by atoms with Crippen LogP contribution in [0.15, 0.2) is 41.3 Å². The minimum Gasteiger partial charge on any atom is -0.481 e. The first-order chi connectivity index (χ1) is 14.4. The molecule has 30 heavy (non-hydrogen) atoms. The van der Waals surface area contributed by atoms with Gasteiger partial charge in [-0.3, -0.25) is 4.79 Å². The lowest BCUT2D eigenvalue weighted by atomic mass is 9.88. The summed E-state index contributed by atoms with van der Waals surface area (Å²) in [5, 5.41) is 26.4. The maximum Gasteiger partial charge on any atom is 0.333 e. The van der Waals surface area contributed by atoms with Crippen LogP contribution >= 0.6 is 11.3 Å². The SMILES string of the molecule is CN1CCC(=C2c3ccccc3CCc3sccc32)CC1.O=C(O)C[C@H](O)C(=O)O. The van der Waals surface area contributed by atoms with Crippen molar-refractivity contribution in [1.82, 2.24) is 4.90 Å². The summed E-state index contributed by atoms with van der Waals surface area (Å²) in [6.07, 6.45) is 2.27. The molecule has 4 rings (SSSR count). The first-order valence-corrected chi connectivity index (χ1v) is 10.9. The highest BCUT2D eigenvalue weighted by Crippen LogP contribution is 2.40. The molecule has 2 heterocycles. The Balaban J connectivity index is 0.000000244. The molecule has 7 heteroatoms. The van der Waals surface area contributed by atoms with Crippen molar-refractivity contribution in [3.05, 3.63) is 62.9 Å². The number of aliphatic hydroxyl groups excluding tert-OH is 1. The van der Waals surface area contributed by atoms with Crippen LogP contribution in [0.3, 0.4) is 0 Å². The lowest BCUT2D eigenvalue weighted by molar-refractivity contribution is -0.152. The van der Waals surface area contributed by atoms with E-state index < -0.39 is 24.5 Å². The molecule has 0 amide bonds. The maximum atomic E-state index is 9.72. The number of aliphatic carboxylic acids is 2. The van der Waals surface area contributed by atoms with Crippen LogP contribution in [0.2, 0.25) is 0 Å². The number of rotatable bonds is 3. The maximum absolute atomic E-state index is 9.72. The van der Waals surface area contributed by atoms with Crippen LogP contribution in [-0.4, -0.2) is 58.4 Å². The number of piperidine rings is 1. The summed E-state index contributed by atoms with van der Waals surface area (Å²) in [6, 6.07) is 11.4. The number of benzene rings is 1. The number of likely N-dealkylation sites (tertiary alicyclic amines) is 1. The molecule has 1 saturated heterocycles. The number of aliphatic hydroxyl groups is 1. The Hall–Kier alpha value is -2.48. The molecular weight excluding hydrogens is 402 g/mol. The predicted octanol–water partition coefficient (Wildman–Crippen LogP) is 3.28. The zero-order valence-electron chi connectivity index (χ0n) is 17.0. The summed E-state index contributed by atoms with van der Waals surface area (Å²) in [5.74, 6) is -2.85. The second-order valence-electron chi connectivity index (χ2n) is 7.65. The predicted molar refractivity (Wildman–Crippen MR) is 117 cm³/mol. The van der Waals surface area contributed by atoms with Gasteiger partial charge in [-0.1, -0.05) is 29.8 Å². The third-order valence-electron chi connectivity index (χ3n) is 5.52. The molecular formula is C23H27NO5S. The Kier molecular flexibility index (Phi) is 7.42. The number of thiophene rings is 1. The molecule has 0 saturated carbocycles. The molecule has 0 unspecified atom stereocenters. The van der Waals surface area contributed by atoms with Crippen LogP contribution in [-0.2, 0) is 22.4 Å². The lowest BCUT2D eigenvalue weighted by Gasteiger charge is -2.27. The highest BCUT2D eigenvalue weighted by Gasteiger charge is 2.23. The van der Waals surface area contributed by atoms with Crippen LogP contribution in [0.1, 0.15) is 40.8 Å². The van der Waals surface area contributed by atoms with Gasteiger partial charge in [0.15, 0.2) is 6.10 Å². The minimum atomic E-state index is -1.79. The van der Waals surface area contributed by atoms with Gasteiger partial charge < -0.3 is 20.2 Å². The average Bonchev–Trinajstić information content (AvgIpc) is 3.11. The monoisotopic (exact) mass is 429 g/mol. The first kappa shape index (κ1) is 22.2. The zero-order valence-corrected chi connectivity index (χ0v) is 17.8. The van der Waals surface area contributed by atoms with Gasteiger partial charge in [0.2, 0.25) is 0 Å². The normalized spacial score (nSPS) is 17.1. The van der Waals surface area contributed by atoms with Gasteiger partial charge >= 0.3 is 11.9 Å². The van der Waals surface area contributed by atoms with Crippen molar-refractivity contribution in [2.45, 2.75) is 38.2 Å². The third-order valence-corrected chi connectivity index (χ3v) is 6.50. The van der Waals surface area contributed by atoms with E-state index in [-0.39, 0.29) is 0 Å². The van der Waals surface area contributed by atoms with Gasteiger partial charge in [0.1, 0.15) is 0 Å². The molecule has 0 bridgehead atoms. The standard InChI is InChI=1S/C19H21NS.C4H6O5/c1-20-11-8-15(9-12-20)19-16-5-3-2-4-14(16)6-7-18-17(19)10-13-21-18;5-2(4(8)9)1-3(6)7/h2-5,10,13H,6-9,11-12H2,1H3;2,5H,1H2,(H,6,7)(H,8,9)/t;2-/m.0/s1. The highest BCUT2D eigenvalue weighted by molar-refractivity contribution is 7.10. The second kappa shape index (κ2) is 10.0. The van der Waals surface area contributed by atoms with Crippen LogP contribution in [0.4, 0.5) is 0 Å². The number of carboxylic acids is 2. The molecule has 1 aromatic heterocycles. The number of aryl methyl sites for hydroxylation is 2. The molecule has 2 aliphatic rings. The van der Waals surface area contributed by atoms with E-state index in [0.29, 0.717) is 0 Å². The summed E-state index contributed by atoms with van der Waals surface area (Å²) < 4.78 is 0. The fourth-order valence-corrected chi connectivity index (χ4v) is 4.79. The van der Waals surface area contributed by atoms with Gasteiger partial charge in [0.25, 0.3) is 0 Å². The molecule has 160 valence electrons. The summed E-state index contributed by atoms with van der Waals surface area (Å²) in [5.41, 5.74) is 7.77. The molecule has 2 aromatic rings. The number of hydrogen-bond acceptors (Lipinski definition) is 5. The van der Waals surface area contributed by atoms with Crippen molar-refractivity contribution < 1.29 is 24.9 Å². The minimum absolute atomic E-state index is 0.755. The molecule has 1 atom stereocenters. The third kappa shape index (κ3) is 5.36. The van der Waals surface area contributed by atoms with Crippen LogP contribution in [0.25, 0.3) is 5.57 Å². The Morgan fingerprint density at radius 3 is 2.37 bits per heavy atom. The van der Waals surface area contributed by atoms with Gasteiger partial charge in [0.05, 0.1) is 6.42 Å². The van der Waals surface area contributed by atoms with Crippen LogP contribution < -0.4 is 0 Å². The van der Waals surface area contributed by atoms with E-state index in [1.807, 2.05) is 11.3 Å². The summed E-state index contributed by atoms with van der Waals surface area (Å²) in [7, 11) is 2.23. The fraction of sp³-hybridized carbons (Fsp3) is 0.391. The fourth-order valence-electron chi connectivity index (χ4n) is 3.90. The highest BCUT2D eigenvalue weighted by atomic mass is 32.1. The zero-order chi connectivity index (χ0) is 21.7. The number of hydrogen-bond donors (Lipinski definition) is 3. The number of carboxylic acid groups (broad SMARTS) is 2. The van der Waals surface area contributed by atoms with Gasteiger partial charge in [-0.15, -0.1) is 11.3 Å². The van der Waals surface area contributed by atoms with Crippen LogP contribution in [0, 0.1) is 0 Å². The summed E-state index contributed by atoms with van der Waals surface area (Å²) in [4.78, 5) is 23.4. The van der Waals surface area contributed by atoms with E-state index in [1.165, 1.54) is 55.5 Å². The van der Waals surface area contributed by atoms with E-state index in [4.69, 9.17) is 15.3 Å². The second-order valence-corrected chi connectivity index (χ2v) is 8.65. The number of carbonyl (C=O) groups is 2. The topological polar surface area (TPSA) is 98.1 Å². The molecule has 1 aliphatic carbocycles.